The fourth-order valence-corrected chi connectivity index (χ4v) is 1.17. The van der Waals surface area contributed by atoms with Crippen LogP contribution in [0.5, 0.6) is 0 Å². The molecule has 0 amide bonds. The van der Waals surface area contributed by atoms with Gasteiger partial charge in [0, 0.05) is 0 Å². The van der Waals surface area contributed by atoms with E-state index >= 15 is 0 Å². The van der Waals surface area contributed by atoms with Gasteiger partial charge in [0.15, 0.2) is 0 Å². The number of carboxylic acids is 1. The Morgan fingerprint density at radius 3 is 2.27 bits per heavy atom. The van der Waals surface area contributed by atoms with Gasteiger partial charge < -0.3 is 5.11 Å². The normalized spacial score (nSPS) is 11.5. The molecule has 0 atom stereocenters. The predicted molar refractivity (Wildman–Crippen MR) is 43.4 cm³/mol. The SMILES string of the molecule is O=C(O)c1cc(F)c(C(F)(F)F)cc1Cl. The molecule has 0 unspecified atom stereocenters. The largest absolute Gasteiger partial charge is 0.478 e. The summed E-state index contributed by atoms with van der Waals surface area (Å²) in [6, 6.07) is 0.494. The van der Waals surface area contributed by atoms with E-state index in [1.54, 1.807) is 0 Å². The zero-order valence-electron chi connectivity index (χ0n) is 6.90. The van der Waals surface area contributed by atoms with Crippen molar-refractivity contribution in [1.29, 1.82) is 0 Å². The number of alkyl halides is 3. The minimum Gasteiger partial charge on any atom is -0.478 e. The molecule has 0 saturated carbocycles. The maximum absolute atomic E-state index is 12.8. The average molecular weight is 243 g/mol. The van der Waals surface area contributed by atoms with Gasteiger partial charge in [0.1, 0.15) is 5.82 Å². The lowest BCUT2D eigenvalue weighted by molar-refractivity contribution is -0.140. The van der Waals surface area contributed by atoms with Crippen molar-refractivity contribution in [2.24, 2.45) is 0 Å². The summed E-state index contributed by atoms with van der Waals surface area (Å²) in [5.74, 6) is -3.25. The Morgan fingerprint density at radius 1 is 1.33 bits per heavy atom. The van der Waals surface area contributed by atoms with E-state index in [9.17, 15) is 22.4 Å². The Labute approximate surface area is 86.1 Å². The summed E-state index contributed by atoms with van der Waals surface area (Å²) in [7, 11) is 0. The van der Waals surface area contributed by atoms with Crippen LogP contribution in [0.25, 0.3) is 0 Å². The molecule has 0 aliphatic heterocycles. The van der Waals surface area contributed by atoms with Crippen molar-refractivity contribution in [2.45, 2.75) is 6.18 Å². The minimum atomic E-state index is -4.90. The Hall–Kier alpha value is -1.30. The van der Waals surface area contributed by atoms with Crippen molar-refractivity contribution in [2.75, 3.05) is 0 Å². The van der Waals surface area contributed by atoms with Crippen LogP contribution in [0.1, 0.15) is 15.9 Å². The first-order chi connectivity index (χ1) is 6.73. The Balaban J connectivity index is 3.39. The van der Waals surface area contributed by atoms with E-state index in [4.69, 9.17) is 16.7 Å². The van der Waals surface area contributed by atoms with Crippen LogP contribution in [-0.2, 0) is 6.18 Å². The number of hydrogen-bond acceptors (Lipinski definition) is 1. The summed E-state index contributed by atoms with van der Waals surface area (Å²) in [6.07, 6.45) is -4.90. The molecule has 1 aromatic rings. The van der Waals surface area contributed by atoms with Crippen molar-refractivity contribution >= 4 is 17.6 Å². The smallest absolute Gasteiger partial charge is 0.419 e. The summed E-state index contributed by atoms with van der Waals surface area (Å²) in [5.41, 5.74) is -2.29. The molecule has 0 bridgehead atoms. The molecule has 1 aromatic carbocycles. The lowest BCUT2D eigenvalue weighted by Crippen LogP contribution is -2.10. The first-order valence-corrected chi connectivity index (χ1v) is 3.91. The fourth-order valence-electron chi connectivity index (χ4n) is 0.928. The summed E-state index contributed by atoms with van der Waals surface area (Å²) in [6.45, 7) is 0. The Morgan fingerprint density at radius 2 is 1.87 bits per heavy atom. The molecule has 2 nitrogen and oxygen atoms in total. The van der Waals surface area contributed by atoms with Gasteiger partial charge in [-0.2, -0.15) is 13.2 Å². The first-order valence-electron chi connectivity index (χ1n) is 3.53. The lowest BCUT2D eigenvalue weighted by atomic mass is 10.1. The maximum atomic E-state index is 12.8. The number of benzene rings is 1. The maximum Gasteiger partial charge on any atom is 0.419 e. The number of halogens is 5. The summed E-state index contributed by atoms with van der Waals surface area (Å²) in [5, 5.41) is 7.80. The van der Waals surface area contributed by atoms with Crippen LogP contribution >= 0.6 is 11.6 Å². The highest BCUT2D eigenvalue weighted by Crippen LogP contribution is 2.34. The molecule has 0 aliphatic rings. The number of carboxylic acid groups (broad SMARTS) is 1. The van der Waals surface area contributed by atoms with E-state index in [0.29, 0.717) is 0 Å². The summed E-state index contributed by atoms with van der Waals surface area (Å²) < 4.78 is 49.2. The highest BCUT2D eigenvalue weighted by Gasteiger charge is 2.35. The lowest BCUT2D eigenvalue weighted by Gasteiger charge is -2.09. The van der Waals surface area contributed by atoms with Crippen LogP contribution in [0, 0.1) is 5.82 Å². The van der Waals surface area contributed by atoms with E-state index in [1.165, 1.54) is 0 Å². The number of hydrogen-bond donors (Lipinski definition) is 1. The molecule has 0 fully saturated rings. The molecule has 82 valence electrons. The topological polar surface area (TPSA) is 37.3 Å². The zero-order valence-corrected chi connectivity index (χ0v) is 7.66. The van der Waals surface area contributed by atoms with Crippen LogP contribution in [0.15, 0.2) is 12.1 Å². The Kier molecular flexibility index (Phi) is 2.90. The molecular formula is C8H3ClF4O2. The third-order valence-corrected chi connectivity index (χ3v) is 1.91. The second kappa shape index (κ2) is 3.69. The van der Waals surface area contributed by atoms with Crippen LogP contribution in [0.2, 0.25) is 5.02 Å². The van der Waals surface area contributed by atoms with Gasteiger partial charge in [-0.1, -0.05) is 11.6 Å². The molecular weight excluding hydrogens is 240 g/mol. The third-order valence-electron chi connectivity index (χ3n) is 1.59. The summed E-state index contributed by atoms with van der Waals surface area (Å²) in [4.78, 5) is 10.4. The van der Waals surface area contributed by atoms with E-state index in [-0.39, 0.29) is 12.1 Å². The quantitative estimate of drug-likeness (QED) is 0.768. The third kappa shape index (κ3) is 2.38. The van der Waals surface area contributed by atoms with Gasteiger partial charge in [-0.25, -0.2) is 9.18 Å². The highest BCUT2D eigenvalue weighted by atomic mass is 35.5. The molecule has 1 rings (SSSR count). The second-order valence-corrected chi connectivity index (χ2v) is 3.02. The molecule has 1 N–H and O–H groups in total. The van der Waals surface area contributed by atoms with Crippen LogP contribution in [-0.4, -0.2) is 11.1 Å². The van der Waals surface area contributed by atoms with E-state index in [2.05, 4.69) is 0 Å². The fraction of sp³-hybridized carbons (Fsp3) is 0.125. The van der Waals surface area contributed by atoms with Gasteiger partial charge in [0.05, 0.1) is 16.1 Å². The predicted octanol–water partition coefficient (Wildman–Crippen LogP) is 3.20. The molecule has 7 heteroatoms. The van der Waals surface area contributed by atoms with Gasteiger partial charge >= 0.3 is 12.1 Å². The minimum absolute atomic E-state index is 0.244. The van der Waals surface area contributed by atoms with E-state index in [0.717, 1.165) is 0 Å². The van der Waals surface area contributed by atoms with Crippen molar-refractivity contribution in [3.05, 3.63) is 34.1 Å². The molecule has 0 radical (unpaired) electrons. The molecule has 0 aromatic heterocycles. The van der Waals surface area contributed by atoms with Crippen molar-refractivity contribution in [3.63, 3.8) is 0 Å². The van der Waals surface area contributed by atoms with Gasteiger partial charge in [-0.05, 0) is 12.1 Å². The van der Waals surface area contributed by atoms with Crippen molar-refractivity contribution in [3.8, 4) is 0 Å². The number of carbonyl (C=O) groups is 1. The van der Waals surface area contributed by atoms with E-state index in [1.807, 2.05) is 0 Å². The summed E-state index contributed by atoms with van der Waals surface area (Å²) >= 11 is 5.25. The number of aromatic carboxylic acids is 1. The van der Waals surface area contributed by atoms with Crippen LogP contribution in [0.3, 0.4) is 0 Å². The standard InChI is InChI=1S/C8H3ClF4O2/c9-5-2-4(8(11,12)13)6(10)1-3(5)7(14)15/h1-2H,(H,14,15). The molecule has 0 saturated heterocycles. The van der Waals surface area contributed by atoms with E-state index < -0.39 is 34.1 Å². The monoisotopic (exact) mass is 242 g/mol. The molecule has 15 heavy (non-hydrogen) atoms. The van der Waals surface area contributed by atoms with Crippen molar-refractivity contribution in [1.82, 2.24) is 0 Å². The van der Waals surface area contributed by atoms with Crippen LogP contribution < -0.4 is 0 Å². The van der Waals surface area contributed by atoms with Crippen LogP contribution in [0.4, 0.5) is 17.6 Å². The van der Waals surface area contributed by atoms with Gasteiger partial charge in [-0.15, -0.1) is 0 Å². The van der Waals surface area contributed by atoms with Gasteiger partial charge in [-0.3, -0.25) is 0 Å². The Bertz CT molecular complexity index is 414. The number of rotatable bonds is 1. The molecule has 0 heterocycles. The molecule has 0 aliphatic carbocycles. The van der Waals surface area contributed by atoms with Gasteiger partial charge in [0.2, 0.25) is 0 Å². The van der Waals surface area contributed by atoms with Crippen molar-refractivity contribution < 1.29 is 27.5 Å². The highest BCUT2D eigenvalue weighted by molar-refractivity contribution is 6.33. The zero-order chi connectivity index (χ0) is 11.8. The molecule has 0 spiro atoms. The van der Waals surface area contributed by atoms with Gasteiger partial charge in [0.25, 0.3) is 0 Å². The second-order valence-electron chi connectivity index (χ2n) is 2.61. The first kappa shape index (κ1) is 11.8. The average Bonchev–Trinajstić information content (AvgIpc) is 2.06.